The number of aliphatic imine (C=N–C) groups is 1. The Morgan fingerprint density at radius 3 is 1.61 bits per heavy atom. The van der Waals surface area contributed by atoms with Gasteiger partial charge in [0.2, 0.25) is 0 Å². The molecule has 0 fully saturated rings. The van der Waals surface area contributed by atoms with E-state index in [0.717, 1.165) is 50.8 Å². The number of anilines is 3. The molecule has 10 aromatic rings. The minimum absolute atomic E-state index is 0.607. The van der Waals surface area contributed by atoms with Crippen LogP contribution in [0.2, 0.25) is 0 Å². The smallest absolute Gasteiger partial charge is 0.168 e. The SMILES string of the molecule is C1=NC(c2ccc(N(c3ccc(-c4cccnc4)cc3)c3ccc(-n4c5ccc(-c6ccccc6)cc5c5c(-c6ccccc6)ccc(-c6ccccc6)c54)cc3)cc2)=NI=N1. The maximum Gasteiger partial charge on any atom is 0.168 e. The van der Waals surface area contributed by atoms with Crippen molar-refractivity contribution in [3.05, 3.63) is 224 Å². The molecule has 7 heteroatoms. The molecule has 0 amide bonds. The predicted octanol–water partition coefficient (Wildman–Crippen LogP) is 15.2. The molecule has 294 valence electrons. The molecule has 2 aromatic heterocycles. The van der Waals surface area contributed by atoms with E-state index < -0.39 is 21.3 Å². The van der Waals surface area contributed by atoms with Crippen molar-refractivity contribution in [3.63, 3.8) is 0 Å². The Morgan fingerprint density at radius 1 is 0.452 bits per heavy atom. The van der Waals surface area contributed by atoms with Gasteiger partial charge in [-0.15, -0.1) is 0 Å². The van der Waals surface area contributed by atoms with E-state index in [0.29, 0.717) is 0 Å². The Bertz CT molecular complexity index is 3290. The van der Waals surface area contributed by atoms with Gasteiger partial charge in [0.25, 0.3) is 0 Å². The molecule has 6 nitrogen and oxygen atoms in total. The lowest BCUT2D eigenvalue weighted by Crippen LogP contribution is -2.10. The molecule has 1 aliphatic rings. The van der Waals surface area contributed by atoms with Gasteiger partial charge in [-0.25, -0.2) is 4.99 Å². The fourth-order valence-corrected chi connectivity index (χ4v) is 9.50. The number of aromatic nitrogens is 2. The quantitative estimate of drug-likeness (QED) is 0.136. The third-order valence-electron chi connectivity index (χ3n) is 11.4. The first kappa shape index (κ1) is 37.4. The van der Waals surface area contributed by atoms with Crippen LogP contribution >= 0.6 is 21.3 Å². The second-order valence-electron chi connectivity index (χ2n) is 15.1. The second kappa shape index (κ2) is 16.4. The number of amidine groups is 1. The van der Waals surface area contributed by atoms with Crippen LogP contribution < -0.4 is 4.90 Å². The molecule has 11 rings (SSSR count). The van der Waals surface area contributed by atoms with Crippen LogP contribution in [-0.4, -0.2) is 21.7 Å². The number of nitrogens with zero attached hydrogens (tertiary/aromatic N) is 6. The number of benzene rings is 8. The molecular formula is C55H37IN6. The van der Waals surface area contributed by atoms with E-state index in [9.17, 15) is 0 Å². The van der Waals surface area contributed by atoms with Crippen molar-refractivity contribution in [2.45, 2.75) is 0 Å². The lowest BCUT2D eigenvalue weighted by Gasteiger charge is -2.26. The first-order valence-electron chi connectivity index (χ1n) is 20.5. The average molecular weight is 909 g/mol. The molecule has 0 bridgehead atoms. The van der Waals surface area contributed by atoms with Crippen LogP contribution in [-0.2, 0) is 0 Å². The molecule has 0 atom stereocenters. The van der Waals surface area contributed by atoms with Crippen molar-refractivity contribution in [2.24, 2.45) is 11.3 Å². The summed E-state index contributed by atoms with van der Waals surface area (Å²) < 4.78 is 11.3. The molecule has 0 aliphatic carbocycles. The van der Waals surface area contributed by atoms with Crippen LogP contribution in [0.5, 0.6) is 0 Å². The van der Waals surface area contributed by atoms with E-state index >= 15 is 0 Å². The minimum Gasteiger partial charge on any atom is -0.311 e. The number of hydrogen-bond acceptors (Lipinski definition) is 5. The zero-order valence-corrected chi connectivity index (χ0v) is 35.6. The first-order chi connectivity index (χ1) is 30.8. The van der Waals surface area contributed by atoms with Gasteiger partial charge in [-0.1, -0.05) is 127 Å². The number of pyridine rings is 1. The summed E-state index contributed by atoms with van der Waals surface area (Å²) in [6.07, 6.45) is 5.34. The summed E-state index contributed by atoms with van der Waals surface area (Å²) >= 11 is -0.607. The van der Waals surface area contributed by atoms with Crippen molar-refractivity contribution in [2.75, 3.05) is 4.90 Å². The Hall–Kier alpha value is -7.62. The van der Waals surface area contributed by atoms with Crippen LogP contribution in [0.1, 0.15) is 5.56 Å². The van der Waals surface area contributed by atoms with Gasteiger partial charge in [0, 0.05) is 57.0 Å². The van der Waals surface area contributed by atoms with Gasteiger partial charge >= 0.3 is 0 Å². The summed E-state index contributed by atoms with van der Waals surface area (Å²) in [5.41, 5.74) is 16.8. The van der Waals surface area contributed by atoms with E-state index in [-0.39, 0.29) is 0 Å². The van der Waals surface area contributed by atoms with Crippen molar-refractivity contribution in [1.82, 2.24) is 9.55 Å². The van der Waals surface area contributed by atoms with Crippen LogP contribution in [0.25, 0.3) is 72.0 Å². The fourth-order valence-electron chi connectivity index (χ4n) is 8.53. The Morgan fingerprint density at radius 2 is 1.00 bits per heavy atom. The van der Waals surface area contributed by atoms with Crippen molar-refractivity contribution in [3.8, 4) is 50.2 Å². The first-order valence-corrected chi connectivity index (χ1v) is 22.4. The highest BCUT2D eigenvalue weighted by molar-refractivity contribution is 14.1. The summed E-state index contributed by atoms with van der Waals surface area (Å²) in [4.78, 5) is 11.1. The Labute approximate surface area is 370 Å². The molecule has 3 heterocycles. The summed E-state index contributed by atoms with van der Waals surface area (Å²) in [7, 11) is 0. The van der Waals surface area contributed by atoms with Crippen molar-refractivity contribution >= 4 is 72.3 Å². The molecule has 0 unspecified atom stereocenters. The number of fused-ring (bicyclic) bond motifs is 3. The molecule has 0 N–H and O–H groups in total. The van der Waals surface area contributed by atoms with Gasteiger partial charge in [-0.2, -0.15) is 6.35 Å². The maximum absolute atomic E-state index is 4.62. The summed E-state index contributed by atoms with van der Waals surface area (Å²) in [5, 5.41) is 2.44. The summed E-state index contributed by atoms with van der Waals surface area (Å²) in [6.45, 7) is 0. The molecular weight excluding hydrogens is 872 g/mol. The van der Waals surface area contributed by atoms with E-state index in [1.807, 2.05) is 12.3 Å². The van der Waals surface area contributed by atoms with Gasteiger partial charge < -0.3 is 9.47 Å². The van der Waals surface area contributed by atoms with Crippen molar-refractivity contribution < 1.29 is 0 Å². The third-order valence-corrected chi connectivity index (χ3v) is 12.6. The average Bonchev–Trinajstić information content (AvgIpc) is 3.70. The third kappa shape index (κ3) is 7.02. The Kier molecular flexibility index (Phi) is 9.91. The van der Waals surface area contributed by atoms with E-state index in [1.54, 1.807) is 12.5 Å². The largest absolute Gasteiger partial charge is 0.311 e. The highest BCUT2D eigenvalue weighted by atomic mass is 127. The van der Waals surface area contributed by atoms with Gasteiger partial charge in [-0.05, 0) is 118 Å². The zero-order chi connectivity index (χ0) is 41.2. The highest BCUT2D eigenvalue weighted by Gasteiger charge is 2.22. The normalized spacial score (nSPS) is 12.3. The molecule has 1 aliphatic heterocycles. The molecule has 0 spiro atoms. The minimum atomic E-state index is -0.607. The van der Waals surface area contributed by atoms with Gasteiger partial charge in [-0.3, -0.25) is 4.98 Å². The number of rotatable bonds is 9. The topological polar surface area (TPSA) is 58.1 Å². The van der Waals surface area contributed by atoms with Gasteiger partial charge in [0.15, 0.2) is 5.84 Å². The van der Waals surface area contributed by atoms with Crippen LogP contribution in [0, 0.1) is 0 Å². The van der Waals surface area contributed by atoms with E-state index in [2.05, 4.69) is 226 Å². The predicted molar refractivity (Wildman–Crippen MR) is 266 cm³/mol. The highest BCUT2D eigenvalue weighted by Crippen LogP contribution is 2.45. The molecule has 62 heavy (non-hydrogen) atoms. The second-order valence-corrected chi connectivity index (χ2v) is 16.5. The zero-order valence-electron chi connectivity index (χ0n) is 33.4. The lowest BCUT2D eigenvalue weighted by atomic mass is 9.93. The standard InChI is InChI=1S/C55H37IN6/c1-4-11-38(12-5-1)43-22-33-52-51(35-43)53-49(40-13-6-2-7-14-40)31-32-50(41-15-8-3-9-16-41)54(53)62(52)48-29-27-47(28-30-48)61(45-23-18-39(19-24-45)44-17-10-34-57-36-44)46-25-20-42(21-26-46)55-58-37-59-56-60-55/h1-37H. The fraction of sp³-hybridized carbons (Fsp3) is 0. The van der Waals surface area contributed by atoms with Gasteiger partial charge in [0.1, 0.15) is 27.6 Å². The summed E-state index contributed by atoms with van der Waals surface area (Å²) in [5.74, 6) is 0.739. The van der Waals surface area contributed by atoms with Crippen LogP contribution in [0.15, 0.2) is 230 Å². The summed E-state index contributed by atoms with van der Waals surface area (Å²) in [6, 6.07) is 74.0. The van der Waals surface area contributed by atoms with Gasteiger partial charge in [0.05, 0.1) is 11.0 Å². The molecule has 8 aromatic carbocycles. The molecule has 0 radical (unpaired) electrons. The molecule has 0 saturated heterocycles. The monoisotopic (exact) mass is 908 g/mol. The van der Waals surface area contributed by atoms with Crippen LogP contribution in [0.3, 0.4) is 0 Å². The number of halogens is 1. The van der Waals surface area contributed by atoms with Crippen molar-refractivity contribution in [1.29, 1.82) is 0 Å². The molecule has 0 saturated carbocycles. The van der Waals surface area contributed by atoms with Crippen LogP contribution in [0.4, 0.5) is 17.1 Å². The van der Waals surface area contributed by atoms with E-state index in [4.69, 9.17) is 0 Å². The maximum atomic E-state index is 4.62. The Balaban J connectivity index is 1.10. The lowest BCUT2D eigenvalue weighted by molar-refractivity contribution is 1.17. The van der Waals surface area contributed by atoms with E-state index in [1.165, 1.54) is 49.7 Å². The number of hydrogen-bond donors (Lipinski definition) is 0.